The van der Waals surface area contributed by atoms with E-state index in [4.69, 9.17) is 0 Å². The molecule has 0 aromatic heterocycles. The van der Waals surface area contributed by atoms with Gasteiger partial charge >= 0.3 is 0 Å². The summed E-state index contributed by atoms with van der Waals surface area (Å²) in [6.07, 6.45) is 3.26. The van der Waals surface area contributed by atoms with Gasteiger partial charge in [0.05, 0.1) is 10.8 Å². The van der Waals surface area contributed by atoms with E-state index in [2.05, 4.69) is 20.4 Å². The van der Waals surface area contributed by atoms with Gasteiger partial charge in [0.2, 0.25) is 0 Å². The summed E-state index contributed by atoms with van der Waals surface area (Å²) >= 11 is 0. The van der Waals surface area contributed by atoms with Crippen LogP contribution in [0.4, 0.5) is 0 Å². The minimum Gasteiger partial charge on any atom is -0.510 e. The number of carbonyl (C=O) groups excluding carboxylic acids is 3. The minimum atomic E-state index is -1.23. The molecule has 4 atom stereocenters. The maximum absolute atomic E-state index is 14.0. The van der Waals surface area contributed by atoms with Crippen molar-refractivity contribution in [3.63, 3.8) is 0 Å². The molecule has 30 heavy (non-hydrogen) atoms. The van der Waals surface area contributed by atoms with Gasteiger partial charge in [-0.3, -0.25) is 14.4 Å². The van der Waals surface area contributed by atoms with E-state index in [0.29, 0.717) is 19.3 Å². The van der Waals surface area contributed by atoms with Crippen molar-refractivity contribution in [1.82, 2.24) is 0 Å². The fourth-order valence-electron chi connectivity index (χ4n) is 6.48. The number of allylic oxidation sites excluding steroid dienone is 5. The maximum Gasteiger partial charge on any atom is 0.183 e. The fourth-order valence-corrected chi connectivity index (χ4v) is 6.48. The lowest BCUT2D eigenvalue weighted by Gasteiger charge is -2.37. The quantitative estimate of drug-likeness (QED) is 0.353. The Bertz CT molecular complexity index is 896. The number of aliphatic hydroxyl groups is 1. The molecule has 0 saturated heterocycles. The highest BCUT2D eigenvalue weighted by molar-refractivity contribution is 6.32. The third-order valence-electron chi connectivity index (χ3n) is 7.96. The van der Waals surface area contributed by atoms with Crippen molar-refractivity contribution in [2.45, 2.75) is 74.1 Å². The first-order valence-corrected chi connectivity index (χ1v) is 11.1. The normalized spacial score (nSPS) is 34.4. The van der Waals surface area contributed by atoms with Crippen molar-refractivity contribution in [2.24, 2.45) is 34.0 Å². The number of ketones is 3. The molecule has 0 radical (unpaired) electrons. The van der Waals surface area contributed by atoms with Crippen LogP contribution in [-0.4, -0.2) is 22.5 Å². The molecule has 3 aliphatic rings. The van der Waals surface area contributed by atoms with Crippen LogP contribution in [0.3, 0.4) is 0 Å². The van der Waals surface area contributed by atoms with Crippen LogP contribution in [0, 0.1) is 34.0 Å². The van der Waals surface area contributed by atoms with Crippen LogP contribution in [0.15, 0.2) is 35.1 Å². The number of fused-ring (bicyclic) bond motifs is 1. The number of carbonyl (C=O) groups is 3. The lowest BCUT2D eigenvalue weighted by atomic mass is 9.63. The van der Waals surface area contributed by atoms with Crippen LogP contribution in [0.5, 0.6) is 0 Å². The zero-order chi connectivity index (χ0) is 22.8. The second kappa shape index (κ2) is 7.03. The average Bonchev–Trinajstić information content (AvgIpc) is 2.97. The first-order chi connectivity index (χ1) is 13.7. The number of hydrogen-bond acceptors (Lipinski definition) is 4. The molecule has 4 heteroatoms. The van der Waals surface area contributed by atoms with Gasteiger partial charge in [-0.15, -0.1) is 0 Å². The third kappa shape index (κ3) is 2.82. The molecule has 0 heterocycles. The monoisotopic (exact) mass is 412 g/mol. The van der Waals surface area contributed by atoms with Gasteiger partial charge in [0, 0.05) is 6.42 Å². The van der Waals surface area contributed by atoms with Crippen LogP contribution >= 0.6 is 0 Å². The Morgan fingerprint density at radius 2 is 1.80 bits per heavy atom. The highest BCUT2D eigenvalue weighted by atomic mass is 16.3. The molecule has 164 valence electrons. The van der Waals surface area contributed by atoms with E-state index >= 15 is 0 Å². The van der Waals surface area contributed by atoms with Gasteiger partial charge in [-0.25, -0.2) is 0 Å². The van der Waals surface area contributed by atoms with E-state index < -0.39 is 16.6 Å². The van der Waals surface area contributed by atoms with Gasteiger partial charge in [-0.1, -0.05) is 51.5 Å². The lowest BCUT2D eigenvalue weighted by molar-refractivity contribution is -0.144. The molecular weight excluding hydrogens is 376 g/mol. The van der Waals surface area contributed by atoms with E-state index in [1.807, 2.05) is 40.7 Å². The number of hydrogen-bond donors (Lipinski definition) is 1. The second-order valence-corrected chi connectivity index (χ2v) is 11.1. The zero-order valence-corrected chi connectivity index (χ0v) is 19.5. The second-order valence-electron chi connectivity index (χ2n) is 11.1. The zero-order valence-electron chi connectivity index (χ0n) is 19.5. The molecule has 0 amide bonds. The summed E-state index contributed by atoms with van der Waals surface area (Å²) in [5.41, 5.74) is -0.812. The topological polar surface area (TPSA) is 71.4 Å². The SMILES string of the molecule is C=C(C)C1CC23C(=O)C(C(=O)CC(C)C)=C(O)C(CC=C(C)C)(CC2C1(C)C)C3=O. The molecule has 1 spiro atoms. The van der Waals surface area contributed by atoms with Crippen molar-refractivity contribution in [3.05, 3.63) is 35.1 Å². The van der Waals surface area contributed by atoms with Crippen molar-refractivity contribution in [3.8, 4) is 0 Å². The largest absolute Gasteiger partial charge is 0.510 e. The fraction of sp³-hybridized carbons (Fsp3) is 0.654. The van der Waals surface area contributed by atoms with E-state index in [-0.39, 0.29) is 52.5 Å². The van der Waals surface area contributed by atoms with E-state index in [9.17, 15) is 19.5 Å². The van der Waals surface area contributed by atoms with Gasteiger partial charge in [0.25, 0.3) is 0 Å². The standard InChI is InChI=1S/C26H36O4/c1-14(2)9-10-25-13-19-24(7,8)17(16(5)6)12-26(19,23(25)30)22(29)20(21(25)28)18(27)11-15(3)4/h9,15,17,19,28H,5,10-13H2,1-4,6-8H3. The van der Waals surface area contributed by atoms with Gasteiger partial charge in [0.1, 0.15) is 11.3 Å². The molecule has 0 aromatic rings. The highest BCUT2D eigenvalue weighted by Crippen LogP contribution is 2.72. The third-order valence-corrected chi connectivity index (χ3v) is 7.96. The predicted octanol–water partition coefficient (Wildman–Crippen LogP) is 5.54. The maximum atomic E-state index is 14.0. The van der Waals surface area contributed by atoms with Crippen LogP contribution < -0.4 is 0 Å². The van der Waals surface area contributed by atoms with Gasteiger partial charge < -0.3 is 5.11 Å². The number of rotatable bonds is 6. The molecule has 4 nitrogen and oxygen atoms in total. The van der Waals surface area contributed by atoms with Crippen molar-refractivity contribution in [1.29, 1.82) is 0 Å². The highest BCUT2D eigenvalue weighted by Gasteiger charge is 2.77. The molecular formula is C26H36O4. The molecule has 2 bridgehead atoms. The van der Waals surface area contributed by atoms with Gasteiger partial charge in [-0.2, -0.15) is 0 Å². The molecule has 0 aliphatic heterocycles. The van der Waals surface area contributed by atoms with Crippen LogP contribution in [0.1, 0.15) is 74.1 Å². The minimum absolute atomic E-state index is 0.0264. The van der Waals surface area contributed by atoms with Crippen molar-refractivity contribution in [2.75, 3.05) is 0 Å². The summed E-state index contributed by atoms with van der Waals surface area (Å²) in [6.45, 7) is 18.0. The predicted molar refractivity (Wildman–Crippen MR) is 118 cm³/mol. The van der Waals surface area contributed by atoms with E-state index in [0.717, 1.165) is 11.1 Å². The summed E-state index contributed by atoms with van der Waals surface area (Å²) in [6, 6.07) is 0. The van der Waals surface area contributed by atoms with E-state index in [1.54, 1.807) is 0 Å². The number of aliphatic hydroxyl groups excluding tert-OH is 1. The lowest BCUT2D eigenvalue weighted by Crippen LogP contribution is -2.50. The van der Waals surface area contributed by atoms with Gasteiger partial charge in [-0.05, 0) is 63.2 Å². The van der Waals surface area contributed by atoms with Crippen LogP contribution in [0.25, 0.3) is 0 Å². The molecule has 3 rings (SSSR count). The molecule has 3 aliphatic carbocycles. The first kappa shape index (κ1) is 22.7. The average molecular weight is 413 g/mol. The van der Waals surface area contributed by atoms with Crippen LogP contribution in [0.2, 0.25) is 0 Å². The first-order valence-electron chi connectivity index (χ1n) is 11.1. The smallest absolute Gasteiger partial charge is 0.183 e. The summed E-state index contributed by atoms with van der Waals surface area (Å²) in [7, 11) is 0. The Morgan fingerprint density at radius 3 is 2.30 bits per heavy atom. The Labute approximate surface area is 180 Å². The molecule has 0 aromatic carbocycles. The summed E-state index contributed by atoms with van der Waals surface area (Å²) in [4.78, 5) is 41.0. The summed E-state index contributed by atoms with van der Waals surface area (Å²) < 4.78 is 0. The Morgan fingerprint density at radius 1 is 1.20 bits per heavy atom. The Balaban J connectivity index is 2.26. The van der Waals surface area contributed by atoms with Gasteiger partial charge in [0.15, 0.2) is 17.3 Å². The summed E-state index contributed by atoms with van der Waals surface area (Å²) in [5.74, 6) is -1.37. The molecule has 2 saturated carbocycles. The Hall–Kier alpha value is -1.97. The van der Waals surface area contributed by atoms with Crippen molar-refractivity contribution >= 4 is 17.3 Å². The van der Waals surface area contributed by atoms with E-state index in [1.165, 1.54) is 0 Å². The van der Waals surface area contributed by atoms with Crippen LogP contribution in [-0.2, 0) is 14.4 Å². The van der Waals surface area contributed by atoms with Crippen molar-refractivity contribution < 1.29 is 19.5 Å². The Kier molecular flexibility index (Phi) is 5.32. The molecule has 2 fully saturated rings. The molecule has 1 N–H and O–H groups in total. The molecule has 4 unspecified atom stereocenters. The number of Topliss-reactive ketones (excluding diaryl/α,β-unsaturated/α-hetero) is 3. The summed E-state index contributed by atoms with van der Waals surface area (Å²) in [5, 5.41) is 11.3.